The Balaban J connectivity index is 2.24. The maximum absolute atomic E-state index is 12.5. The van der Waals surface area contributed by atoms with Crippen LogP contribution in [0.25, 0.3) is 0 Å². The van der Waals surface area contributed by atoms with E-state index in [1.54, 1.807) is 16.9 Å². The van der Waals surface area contributed by atoms with E-state index in [2.05, 4.69) is 5.10 Å². The Kier molecular flexibility index (Phi) is 5.04. The molecular weight excluding hydrogens is 288 g/mol. The van der Waals surface area contributed by atoms with Gasteiger partial charge in [0.25, 0.3) is 0 Å². The minimum absolute atomic E-state index is 0.0414. The molecule has 0 bridgehead atoms. The standard InChI is InChI=1S/C19H24N2O2/c1-14(2)13-19(4,5)23-18(22)17-11-12-20-21(17)15(3)16-9-7-6-8-10-16/h6-13,15H,1-5H3/t15-/m1/s1. The van der Waals surface area contributed by atoms with Gasteiger partial charge in [0.05, 0.1) is 6.04 Å². The molecule has 122 valence electrons. The van der Waals surface area contributed by atoms with Gasteiger partial charge in [-0.1, -0.05) is 35.9 Å². The zero-order chi connectivity index (χ0) is 17.0. The molecule has 0 spiro atoms. The van der Waals surface area contributed by atoms with Gasteiger partial charge < -0.3 is 4.74 Å². The third-order valence-corrected chi connectivity index (χ3v) is 3.52. The van der Waals surface area contributed by atoms with Crippen molar-refractivity contribution in [2.75, 3.05) is 0 Å². The number of hydrogen-bond acceptors (Lipinski definition) is 3. The number of nitrogens with zero attached hydrogens (tertiary/aromatic N) is 2. The van der Waals surface area contributed by atoms with E-state index in [0.29, 0.717) is 5.69 Å². The van der Waals surface area contributed by atoms with Gasteiger partial charge in [0, 0.05) is 6.20 Å². The summed E-state index contributed by atoms with van der Waals surface area (Å²) in [4.78, 5) is 12.5. The molecule has 4 heteroatoms. The van der Waals surface area contributed by atoms with Crippen LogP contribution >= 0.6 is 0 Å². The van der Waals surface area contributed by atoms with Crippen LogP contribution in [0.2, 0.25) is 0 Å². The van der Waals surface area contributed by atoms with Crippen molar-refractivity contribution in [3.05, 3.63) is 65.5 Å². The smallest absolute Gasteiger partial charge is 0.357 e. The number of esters is 1. The van der Waals surface area contributed by atoms with Gasteiger partial charge in [0.15, 0.2) is 0 Å². The van der Waals surface area contributed by atoms with Crippen LogP contribution in [0.1, 0.15) is 56.7 Å². The summed E-state index contributed by atoms with van der Waals surface area (Å²) in [5.74, 6) is -0.368. The lowest BCUT2D eigenvalue weighted by molar-refractivity contribution is 0.0156. The quantitative estimate of drug-likeness (QED) is 0.607. The maximum atomic E-state index is 12.5. The first-order valence-electron chi connectivity index (χ1n) is 7.78. The second-order valence-corrected chi connectivity index (χ2v) is 6.46. The molecule has 0 saturated carbocycles. The van der Waals surface area contributed by atoms with Crippen molar-refractivity contribution >= 4 is 5.97 Å². The van der Waals surface area contributed by atoms with Gasteiger partial charge >= 0.3 is 5.97 Å². The molecule has 0 aliphatic carbocycles. The van der Waals surface area contributed by atoms with Crippen molar-refractivity contribution in [3.8, 4) is 0 Å². The van der Waals surface area contributed by atoms with Crippen molar-refractivity contribution in [3.63, 3.8) is 0 Å². The highest BCUT2D eigenvalue weighted by atomic mass is 16.6. The molecule has 0 saturated heterocycles. The van der Waals surface area contributed by atoms with Crippen LogP contribution in [-0.2, 0) is 4.74 Å². The Morgan fingerprint density at radius 1 is 1.22 bits per heavy atom. The summed E-state index contributed by atoms with van der Waals surface area (Å²) >= 11 is 0. The number of rotatable bonds is 5. The molecule has 4 nitrogen and oxygen atoms in total. The van der Waals surface area contributed by atoms with E-state index in [0.717, 1.165) is 11.1 Å². The topological polar surface area (TPSA) is 44.1 Å². The third kappa shape index (κ3) is 4.31. The molecule has 1 aromatic carbocycles. The molecule has 0 aliphatic heterocycles. The van der Waals surface area contributed by atoms with E-state index in [-0.39, 0.29) is 12.0 Å². The Hall–Kier alpha value is -2.36. The van der Waals surface area contributed by atoms with Crippen molar-refractivity contribution in [1.29, 1.82) is 0 Å². The summed E-state index contributed by atoms with van der Waals surface area (Å²) in [6.07, 6.45) is 3.57. The normalized spacial score (nSPS) is 12.6. The summed E-state index contributed by atoms with van der Waals surface area (Å²) in [5, 5.41) is 4.30. The molecule has 0 unspecified atom stereocenters. The number of hydrogen-bond donors (Lipinski definition) is 0. The first kappa shape index (κ1) is 17.0. The Morgan fingerprint density at radius 2 is 1.87 bits per heavy atom. The van der Waals surface area contributed by atoms with Crippen LogP contribution < -0.4 is 0 Å². The van der Waals surface area contributed by atoms with Crippen LogP contribution in [0.5, 0.6) is 0 Å². The monoisotopic (exact) mass is 312 g/mol. The Morgan fingerprint density at radius 3 is 2.48 bits per heavy atom. The second-order valence-electron chi connectivity index (χ2n) is 6.46. The average Bonchev–Trinajstić information content (AvgIpc) is 2.95. The number of allylic oxidation sites excluding steroid dienone is 1. The van der Waals surface area contributed by atoms with Gasteiger partial charge in [-0.25, -0.2) is 4.79 Å². The zero-order valence-corrected chi connectivity index (χ0v) is 14.4. The number of aromatic nitrogens is 2. The van der Waals surface area contributed by atoms with Crippen molar-refractivity contribution in [2.45, 2.75) is 46.3 Å². The Bertz CT molecular complexity index is 695. The van der Waals surface area contributed by atoms with Gasteiger partial charge in [0.1, 0.15) is 11.3 Å². The lowest BCUT2D eigenvalue weighted by Crippen LogP contribution is -2.28. The van der Waals surface area contributed by atoms with Crippen LogP contribution in [0.4, 0.5) is 0 Å². The molecular formula is C19H24N2O2. The van der Waals surface area contributed by atoms with Crippen LogP contribution in [0.3, 0.4) is 0 Å². The number of ether oxygens (including phenoxy) is 1. The molecule has 1 atom stereocenters. The molecule has 0 fully saturated rings. The van der Waals surface area contributed by atoms with Gasteiger partial charge in [-0.3, -0.25) is 4.68 Å². The Labute approximate surface area is 137 Å². The lowest BCUT2D eigenvalue weighted by Gasteiger charge is -2.23. The van der Waals surface area contributed by atoms with E-state index in [9.17, 15) is 4.79 Å². The lowest BCUT2D eigenvalue weighted by atomic mass is 10.1. The van der Waals surface area contributed by atoms with E-state index < -0.39 is 5.60 Å². The molecule has 2 rings (SSSR count). The van der Waals surface area contributed by atoms with Crippen LogP contribution in [-0.4, -0.2) is 21.4 Å². The van der Waals surface area contributed by atoms with Gasteiger partial charge in [0.2, 0.25) is 0 Å². The largest absolute Gasteiger partial charge is 0.451 e. The highest BCUT2D eigenvalue weighted by Crippen LogP contribution is 2.21. The van der Waals surface area contributed by atoms with Crippen LogP contribution in [0, 0.1) is 0 Å². The summed E-state index contributed by atoms with van der Waals surface area (Å²) in [5.41, 5.74) is 2.00. The molecule has 1 heterocycles. The molecule has 23 heavy (non-hydrogen) atoms. The predicted molar refractivity (Wildman–Crippen MR) is 91.4 cm³/mol. The fourth-order valence-corrected chi connectivity index (χ4v) is 2.67. The fraction of sp³-hybridized carbons (Fsp3) is 0.368. The van der Waals surface area contributed by atoms with Crippen molar-refractivity contribution < 1.29 is 9.53 Å². The molecule has 0 N–H and O–H groups in total. The molecule has 0 radical (unpaired) electrons. The van der Waals surface area contributed by atoms with Gasteiger partial charge in [-0.15, -0.1) is 0 Å². The van der Waals surface area contributed by atoms with E-state index in [1.165, 1.54) is 0 Å². The van der Waals surface area contributed by atoms with E-state index in [4.69, 9.17) is 4.74 Å². The highest BCUT2D eigenvalue weighted by Gasteiger charge is 2.25. The fourth-order valence-electron chi connectivity index (χ4n) is 2.67. The zero-order valence-electron chi connectivity index (χ0n) is 14.4. The maximum Gasteiger partial charge on any atom is 0.357 e. The summed E-state index contributed by atoms with van der Waals surface area (Å²) in [6, 6.07) is 11.6. The van der Waals surface area contributed by atoms with Gasteiger partial charge in [-0.05, 0) is 52.3 Å². The first-order chi connectivity index (χ1) is 10.8. The average molecular weight is 312 g/mol. The predicted octanol–water partition coefficient (Wildman–Crippen LogP) is 4.39. The molecule has 1 aromatic heterocycles. The number of carbonyl (C=O) groups is 1. The second kappa shape index (κ2) is 6.82. The summed E-state index contributed by atoms with van der Waals surface area (Å²) in [6.45, 7) is 9.73. The molecule has 0 aliphatic rings. The van der Waals surface area contributed by atoms with Crippen LogP contribution in [0.15, 0.2) is 54.2 Å². The van der Waals surface area contributed by atoms with E-state index >= 15 is 0 Å². The molecule has 2 aromatic rings. The minimum Gasteiger partial charge on any atom is -0.451 e. The number of benzene rings is 1. The minimum atomic E-state index is -0.652. The van der Waals surface area contributed by atoms with Crippen molar-refractivity contribution in [1.82, 2.24) is 9.78 Å². The number of carbonyl (C=O) groups excluding carboxylic acids is 1. The van der Waals surface area contributed by atoms with Gasteiger partial charge in [-0.2, -0.15) is 5.10 Å². The third-order valence-electron chi connectivity index (χ3n) is 3.52. The van der Waals surface area contributed by atoms with E-state index in [1.807, 2.05) is 71.0 Å². The first-order valence-corrected chi connectivity index (χ1v) is 7.78. The van der Waals surface area contributed by atoms with Crippen molar-refractivity contribution in [2.24, 2.45) is 0 Å². The molecule has 0 amide bonds. The summed E-state index contributed by atoms with van der Waals surface area (Å²) < 4.78 is 7.35. The SMILES string of the molecule is CC(C)=CC(C)(C)OC(=O)c1ccnn1[C@H](C)c1ccccc1. The highest BCUT2D eigenvalue weighted by molar-refractivity contribution is 5.88. The summed E-state index contributed by atoms with van der Waals surface area (Å²) in [7, 11) is 0.